The first-order valence-corrected chi connectivity index (χ1v) is 12.7. The predicted octanol–water partition coefficient (Wildman–Crippen LogP) is 3.71. The summed E-state index contributed by atoms with van der Waals surface area (Å²) >= 11 is 5.34. The predicted molar refractivity (Wildman–Crippen MR) is 131 cm³/mol. The first-order valence-electron chi connectivity index (χ1n) is 9.39. The quantitative estimate of drug-likeness (QED) is 0.171. The Bertz CT molecular complexity index is 1580. The fourth-order valence-electron chi connectivity index (χ4n) is 3.47. The smallest absolute Gasteiger partial charge is 0.294 e. The monoisotopic (exact) mass is 520 g/mol. The van der Waals surface area contributed by atoms with Crippen LogP contribution in [0.15, 0.2) is 70.5 Å². The lowest BCUT2D eigenvalue weighted by Gasteiger charge is -2.15. The van der Waals surface area contributed by atoms with E-state index in [4.69, 9.17) is 12.2 Å². The second-order valence-corrected chi connectivity index (χ2v) is 10.5. The Labute approximate surface area is 199 Å². The van der Waals surface area contributed by atoms with Gasteiger partial charge in [-0.25, -0.2) is 0 Å². The molecule has 0 amide bonds. The fourth-order valence-corrected chi connectivity index (χ4v) is 4.75. The van der Waals surface area contributed by atoms with Crippen LogP contribution in [-0.4, -0.2) is 41.3 Å². The van der Waals surface area contributed by atoms with Crippen molar-refractivity contribution in [3.8, 4) is 11.5 Å². The molecule has 0 radical (unpaired) electrons. The van der Waals surface area contributed by atoms with Gasteiger partial charge in [-0.05, 0) is 36.5 Å². The van der Waals surface area contributed by atoms with Crippen molar-refractivity contribution in [1.29, 1.82) is 0 Å². The van der Waals surface area contributed by atoms with Gasteiger partial charge in [0.15, 0.2) is 5.11 Å². The number of rotatable bonds is 4. The zero-order valence-electron chi connectivity index (χ0n) is 16.9. The topological polar surface area (TPSA) is 173 Å². The second-order valence-electron chi connectivity index (χ2n) is 7.22. The molecule has 0 saturated heterocycles. The largest absolute Gasteiger partial charge is 0.507 e. The summed E-state index contributed by atoms with van der Waals surface area (Å²) in [6.07, 6.45) is 0. The molecule has 4 aromatic rings. The number of hydrogen-bond acceptors (Lipinski definition) is 7. The molecular weight excluding hydrogens is 504 g/mol. The Morgan fingerprint density at radius 2 is 1.03 bits per heavy atom. The number of anilines is 2. The van der Waals surface area contributed by atoms with Gasteiger partial charge < -0.3 is 20.8 Å². The molecule has 0 bridgehead atoms. The second kappa shape index (κ2) is 8.38. The minimum Gasteiger partial charge on any atom is -0.507 e. The van der Waals surface area contributed by atoms with Gasteiger partial charge in [-0.2, -0.15) is 16.8 Å². The zero-order valence-corrected chi connectivity index (χ0v) is 19.4. The summed E-state index contributed by atoms with van der Waals surface area (Å²) in [5.41, 5.74) is 0.606. The molecule has 176 valence electrons. The van der Waals surface area contributed by atoms with Crippen LogP contribution in [0.1, 0.15) is 0 Å². The van der Waals surface area contributed by atoms with E-state index < -0.39 is 30.0 Å². The Balaban J connectivity index is 1.74. The zero-order chi connectivity index (χ0) is 24.8. The molecule has 10 nitrogen and oxygen atoms in total. The summed E-state index contributed by atoms with van der Waals surface area (Å²) in [7, 11) is -9.17. The van der Waals surface area contributed by atoms with E-state index in [1.807, 2.05) is 0 Å². The summed E-state index contributed by atoms with van der Waals surface area (Å²) in [5, 5.41) is 27.2. The molecule has 13 heteroatoms. The van der Waals surface area contributed by atoms with Gasteiger partial charge >= 0.3 is 0 Å². The lowest BCUT2D eigenvalue weighted by atomic mass is 10.1. The molecule has 6 N–H and O–H groups in total. The van der Waals surface area contributed by atoms with Gasteiger partial charge in [0.2, 0.25) is 0 Å². The van der Waals surface area contributed by atoms with Gasteiger partial charge in [0.1, 0.15) is 11.5 Å². The molecular formula is C21H16N2O8S3. The summed E-state index contributed by atoms with van der Waals surface area (Å²) in [4.78, 5) is -1.01. The van der Waals surface area contributed by atoms with Gasteiger partial charge in [0.05, 0.1) is 9.79 Å². The van der Waals surface area contributed by atoms with Gasteiger partial charge in [-0.3, -0.25) is 9.11 Å². The molecule has 0 fully saturated rings. The van der Waals surface area contributed by atoms with E-state index in [1.54, 1.807) is 36.4 Å². The molecule has 0 saturated carbocycles. The summed E-state index contributed by atoms with van der Waals surface area (Å²) in [5.74, 6) is -0.732. The van der Waals surface area contributed by atoms with Crippen LogP contribution >= 0.6 is 12.2 Å². The number of phenolic OH excluding ortho intramolecular Hbond substituents is 2. The molecule has 34 heavy (non-hydrogen) atoms. The van der Waals surface area contributed by atoms with Crippen molar-refractivity contribution in [2.45, 2.75) is 9.79 Å². The highest BCUT2D eigenvalue weighted by molar-refractivity contribution is 7.86. The van der Waals surface area contributed by atoms with Crippen LogP contribution in [0.2, 0.25) is 0 Å². The first-order chi connectivity index (χ1) is 15.8. The number of phenols is 2. The maximum absolute atomic E-state index is 11.6. The Morgan fingerprint density at radius 1 is 0.647 bits per heavy atom. The molecule has 0 aliphatic heterocycles. The summed E-state index contributed by atoms with van der Waals surface area (Å²) in [6, 6.07) is 13.6. The number of nitrogens with one attached hydrogen (secondary N) is 2. The third-order valence-electron chi connectivity index (χ3n) is 4.99. The summed E-state index contributed by atoms with van der Waals surface area (Å²) < 4.78 is 65.0. The average molecular weight is 521 g/mol. The number of aromatic hydroxyl groups is 2. The van der Waals surface area contributed by atoms with Crippen LogP contribution in [0.3, 0.4) is 0 Å². The minimum atomic E-state index is -4.58. The lowest BCUT2D eigenvalue weighted by Crippen LogP contribution is -2.19. The number of fused-ring (bicyclic) bond motifs is 2. The highest BCUT2D eigenvalue weighted by atomic mass is 32.2. The average Bonchev–Trinajstić information content (AvgIpc) is 2.73. The van der Waals surface area contributed by atoms with Gasteiger partial charge in [0, 0.05) is 45.1 Å². The van der Waals surface area contributed by atoms with Gasteiger partial charge in [0.25, 0.3) is 20.2 Å². The molecule has 0 unspecified atom stereocenters. The van der Waals surface area contributed by atoms with Gasteiger partial charge in [-0.15, -0.1) is 0 Å². The van der Waals surface area contributed by atoms with E-state index >= 15 is 0 Å². The van der Waals surface area contributed by atoms with Crippen molar-refractivity contribution in [3.63, 3.8) is 0 Å². The van der Waals surface area contributed by atoms with Crippen LogP contribution in [0.5, 0.6) is 11.5 Å². The van der Waals surface area contributed by atoms with Crippen LogP contribution in [0.4, 0.5) is 11.4 Å². The number of thiocarbonyl (C=S) groups is 1. The normalized spacial score (nSPS) is 12.1. The van der Waals surface area contributed by atoms with Crippen molar-refractivity contribution in [3.05, 3.63) is 60.7 Å². The molecule has 0 atom stereocenters. The van der Waals surface area contributed by atoms with Crippen molar-refractivity contribution in [1.82, 2.24) is 0 Å². The summed E-state index contributed by atoms with van der Waals surface area (Å²) in [6.45, 7) is 0. The van der Waals surface area contributed by atoms with Crippen molar-refractivity contribution in [2.24, 2.45) is 0 Å². The maximum Gasteiger partial charge on any atom is 0.294 e. The standard InChI is InChI=1S/C21H16N2O8S3/c24-19-9-11(33(26,27)28)7-15-13(19)3-1-5-17(15)22-21(32)23-18-6-2-4-14-16(18)8-12(10-20(14)25)34(29,30)31/h1-10,24-25H,(H2,22,23,32)(H,26,27,28)(H,29,30,31). The molecule has 4 aromatic carbocycles. The lowest BCUT2D eigenvalue weighted by molar-refractivity contribution is 0.470. The van der Waals surface area contributed by atoms with Crippen molar-refractivity contribution in [2.75, 3.05) is 10.6 Å². The highest BCUT2D eigenvalue weighted by Gasteiger charge is 2.17. The first kappa shape index (κ1) is 23.7. The Morgan fingerprint density at radius 3 is 1.38 bits per heavy atom. The third-order valence-corrected chi connectivity index (χ3v) is 6.85. The van der Waals surface area contributed by atoms with Crippen LogP contribution in [0, 0.1) is 0 Å². The maximum atomic E-state index is 11.6. The van der Waals surface area contributed by atoms with Crippen LogP contribution in [-0.2, 0) is 20.2 Å². The van der Waals surface area contributed by atoms with E-state index in [0.717, 1.165) is 12.1 Å². The molecule has 4 rings (SSSR count). The third kappa shape index (κ3) is 4.60. The van der Waals surface area contributed by atoms with E-state index in [-0.39, 0.29) is 27.4 Å². The van der Waals surface area contributed by atoms with E-state index in [2.05, 4.69) is 10.6 Å². The molecule has 0 aliphatic carbocycles. The molecule has 0 aliphatic rings. The molecule has 0 heterocycles. The van der Waals surface area contributed by atoms with E-state index in [1.165, 1.54) is 12.1 Å². The molecule has 0 spiro atoms. The van der Waals surface area contributed by atoms with Gasteiger partial charge in [-0.1, -0.05) is 24.3 Å². The van der Waals surface area contributed by atoms with Crippen molar-refractivity contribution >= 4 is 70.5 Å². The number of hydrogen-bond donors (Lipinski definition) is 6. The van der Waals surface area contributed by atoms with Crippen LogP contribution < -0.4 is 10.6 Å². The minimum absolute atomic E-state index is 0.00787. The highest BCUT2D eigenvalue weighted by Crippen LogP contribution is 2.35. The molecule has 0 aromatic heterocycles. The fraction of sp³-hybridized carbons (Fsp3) is 0. The van der Waals surface area contributed by atoms with E-state index in [9.17, 15) is 36.2 Å². The van der Waals surface area contributed by atoms with E-state index in [0.29, 0.717) is 22.1 Å². The Kier molecular flexibility index (Phi) is 5.83. The van der Waals surface area contributed by atoms with Crippen LogP contribution in [0.25, 0.3) is 21.5 Å². The van der Waals surface area contributed by atoms with Crippen molar-refractivity contribution < 1.29 is 36.2 Å². The Hall–Kier alpha value is -3.49. The number of benzene rings is 4. The SMILES string of the molecule is O=S(=O)(O)c1cc(O)c2cccc(NC(=S)Nc3cccc4c(O)cc(S(=O)(=O)O)cc34)c2c1.